The molecule has 14 nitrogen and oxygen atoms in total. The molecular formula is C45H55N7O7. The molecule has 0 aliphatic carbocycles. The molecule has 0 radical (unpaired) electrons. The van der Waals surface area contributed by atoms with Gasteiger partial charge in [-0.15, -0.1) is 0 Å². The van der Waals surface area contributed by atoms with Crippen molar-refractivity contribution in [2.24, 2.45) is 17.8 Å². The van der Waals surface area contributed by atoms with E-state index in [4.69, 9.17) is 28.9 Å². The minimum Gasteiger partial charge on any atom is -0.488 e. The van der Waals surface area contributed by atoms with Gasteiger partial charge in [0.1, 0.15) is 35.6 Å². The highest BCUT2D eigenvalue weighted by molar-refractivity contribution is 6.07. The predicted octanol–water partition coefficient (Wildman–Crippen LogP) is 8.29. The maximum atomic E-state index is 13.9. The molecule has 1 unspecified atom stereocenters. The Hall–Kier alpha value is -5.63. The Morgan fingerprint density at radius 1 is 0.983 bits per heavy atom. The van der Waals surface area contributed by atoms with Crippen LogP contribution in [0.2, 0.25) is 0 Å². The fourth-order valence-electron chi connectivity index (χ4n) is 8.95. The Morgan fingerprint density at radius 2 is 1.78 bits per heavy atom. The maximum Gasteiger partial charge on any atom is 0.410 e. The number of methoxy groups -OCH3 is 2. The number of H-pyrrole nitrogens is 2. The number of ether oxygens (including phenoxy) is 4. The summed E-state index contributed by atoms with van der Waals surface area (Å²) >= 11 is 0. The number of hydrogen-bond donors (Lipinski definition) is 3. The third-order valence-corrected chi connectivity index (χ3v) is 12.1. The van der Waals surface area contributed by atoms with Crippen molar-refractivity contribution in [2.45, 2.75) is 91.1 Å². The maximum absolute atomic E-state index is 13.9. The van der Waals surface area contributed by atoms with Crippen LogP contribution in [0.25, 0.3) is 44.2 Å². The van der Waals surface area contributed by atoms with E-state index in [0.29, 0.717) is 26.3 Å². The molecule has 2 saturated heterocycles. The number of hydrogen-bond acceptors (Lipinski definition) is 9. The monoisotopic (exact) mass is 805 g/mol. The molecule has 2 fully saturated rings. The smallest absolute Gasteiger partial charge is 0.410 e. The summed E-state index contributed by atoms with van der Waals surface area (Å²) in [6.45, 7) is 13.8. The Kier molecular flexibility index (Phi) is 10.8. The first kappa shape index (κ1) is 40.2. The minimum absolute atomic E-state index is 0.0689. The largest absolute Gasteiger partial charge is 0.488 e. The van der Waals surface area contributed by atoms with Gasteiger partial charge in [0.2, 0.25) is 5.91 Å². The Balaban J connectivity index is 1.05. The highest BCUT2D eigenvalue weighted by Gasteiger charge is 2.42. The van der Waals surface area contributed by atoms with E-state index in [0.717, 1.165) is 86.4 Å². The van der Waals surface area contributed by atoms with Gasteiger partial charge in [0, 0.05) is 37.1 Å². The minimum atomic E-state index is -0.693. The van der Waals surface area contributed by atoms with Crippen molar-refractivity contribution in [3.63, 3.8) is 0 Å². The summed E-state index contributed by atoms with van der Waals surface area (Å²) in [5.41, 5.74) is 6.08. The molecule has 0 spiro atoms. The van der Waals surface area contributed by atoms with Crippen LogP contribution in [0.1, 0.15) is 90.1 Å². The lowest BCUT2D eigenvalue weighted by atomic mass is 9.92. The van der Waals surface area contributed by atoms with Gasteiger partial charge in [-0.3, -0.25) is 9.69 Å². The summed E-state index contributed by atoms with van der Waals surface area (Å²) in [5.74, 6) is 2.48. The second-order valence-corrected chi connectivity index (χ2v) is 17.5. The molecule has 3 aromatic carbocycles. The first-order chi connectivity index (χ1) is 28.2. The molecule has 3 aliphatic rings. The molecule has 2 aromatic heterocycles. The van der Waals surface area contributed by atoms with Crippen LogP contribution in [-0.4, -0.2) is 93.4 Å². The van der Waals surface area contributed by atoms with Crippen LogP contribution in [0, 0.1) is 17.8 Å². The quantitative estimate of drug-likeness (QED) is 0.133. The summed E-state index contributed by atoms with van der Waals surface area (Å²) in [7, 11) is 2.99. The number of nitrogens with one attached hydrogen (secondary N) is 3. The number of fused-ring (bicyclic) bond motifs is 6. The zero-order valence-electron chi connectivity index (χ0n) is 35.2. The summed E-state index contributed by atoms with van der Waals surface area (Å²) in [5, 5.41) is 4.81. The van der Waals surface area contributed by atoms with E-state index in [9.17, 15) is 14.4 Å². The molecule has 312 valence electrons. The van der Waals surface area contributed by atoms with Crippen LogP contribution in [0.15, 0.2) is 48.7 Å². The van der Waals surface area contributed by atoms with Crippen LogP contribution in [0.5, 0.6) is 5.75 Å². The van der Waals surface area contributed by atoms with Gasteiger partial charge in [-0.05, 0) is 91.8 Å². The van der Waals surface area contributed by atoms with Gasteiger partial charge in [0.15, 0.2) is 0 Å². The van der Waals surface area contributed by atoms with Crippen molar-refractivity contribution < 1.29 is 33.3 Å². The van der Waals surface area contributed by atoms with Crippen molar-refractivity contribution in [3.8, 4) is 28.1 Å². The molecule has 0 saturated carbocycles. The molecular weight excluding hydrogens is 751 g/mol. The van der Waals surface area contributed by atoms with Crippen molar-refractivity contribution in [1.29, 1.82) is 0 Å². The first-order valence-electron chi connectivity index (χ1n) is 20.7. The lowest BCUT2D eigenvalue weighted by molar-refractivity contribution is -0.135. The number of likely N-dealkylation sites (tertiary alicyclic amines) is 2. The number of rotatable bonds is 9. The van der Waals surface area contributed by atoms with E-state index in [1.807, 2.05) is 51.8 Å². The van der Waals surface area contributed by atoms with E-state index in [1.54, 1.807) is 12.0 Å². The highest BCUT2D eigenvalue weighted by atomic mass is 16.6. The molecule has 0 bridgehead atoms. The van der Waals surface area contributed by atoms with Gasteiger partial charge < -0.3 is 39.1 Å². The van der Waals surface area contributed by atoms with Crippen LogP contribution in [0.4, 0.5) is 9.59 Å². The van der Waals surface area contributed by atoms with Crippen LogP contribution in [-0.2, 0) is 25.6 Å². The van der Waals surface area contributed by atoms with E-state index in [1.165, 1.54) is 7.11 Å². The van der Waals surface area contributed by atoms with Gasteiger partial charge in [-0.1, -0.05) is 45.4 Å². The predicted molar refractivity (Wildman–Crippen MR) is 224 cm³/mol. The van der Waals surface area contributed by atoms with Crippen LogP contribution >= 0.6 is 0 Å². The average Bonchev–Trinajstić information content (AvgIpc) is 4.03. The number of aromatic nitrogens is 4. The standard InChI is InChI=1S/C45H55N7O7/c1-9-25(3)38(50-43(54)57-8)42(53)51-20-24(2)14-35(51)40-46-19-34(48-40)28-10-12-30-29(16-28)23-58-37-18-31-27(17-32(30)37)11-13-33-39(31)49-41(47-33)36-15-26(22-56-7)21-52(36)44(55)59-45(4,5)6/h10-13,16-19,24-26,35-36,38H,9,14-15,20-23H2,1-8H3,(H,46,48)(H,47,49)(H,50,54)/t24-,25?,26-,35-,36-,38-/m0/s1. The molecule has 59 heavy (non-hydrogen) atoms. The number of nitrogens with zero attached hydrogens (tertiary/aromatic N) is 4. The van der Waals surface area contributed by atoms with Crippen LogP contribution < -0.4 is 10.1 Å². The molecule has 5 aromatic rings. The van der Waals surface area contributed by atoms with E-state index in [2.05, 4.69) is 58.6 Å². The van der Waals surface area contributed by atoms with Gasteiger partial charge in [-0.2, -0.15) is 0 Å². The number of carbonyl (C=O) groups is 3. The lowest BCUT2D eigenvalue weighted by Crippen LogP contribution is -2.51. The Bertz CT molecular complexity index is 2400. The normalized spacial score (nSPS) is 21.2. The number of imidazole rings is 2. The number of aromatic amines is 2. The molecule has 3 aliphatic heterocycles. The number of benzene rings is 3. The van der Waals surface area contributed by atoms with Crippen molar-refractivity contribution in [1.82, 2.24) is 35.1 Å². The summed E-state index contributed by atoms with van der Waals surface area (Å²) in [4.78, 5) is 60.0. The van der Waals surface area contributed by atoms with E-state index in [-0.39, 0.29) is 41.8 Å². The SMILES string of the molecule is CCC(C)[C@H](NC(=O)OC)C(=O)N1C[C@@H](C)C[C@H]1c1ncc(-c2ccc3c(c2)COc2cc4c(ccc5nc([C@@H]6C[C@H](COC)CN6C(=O)OC(C)(C)C)[nH]c54)cc2-3)[nH]1. The third kappa shape index (κ3) is 7.82. The molecule has 3 amide bonds. The number of amides is 3. The molecule has 8 rings (SSSR count). The number of alkyl carbamates (subject to hydrolysis) is 1. The fraction of sp³-hybridized carbons (Fsp3) is 0.489. The van der Waals surface area contributed by atoms with Gasteiger partial charge >= 0.3 is 12.2 Å². The summed E-state index contributed by atoms with van der Waals surface area (Å²) in [6.07, 6.45) is 3.06. The van der Waals surface area contributed by atoms with E-state index < -0.39 is 17.7 Å². The van der Waals surface area contributed by atoms with E-state index >= 15 is 0 Å². The number of carbonyl (C=O) groups excluding carboxylic acids is 3. The molecule has 6 atom stereocenters. The highest BCUT2D eigenvalue weighted by Crippen LogP contribution is 2.44. The van der Waals surface area contributed by atoms with Gasteiger partial charge in [0.25, 0.3) is 0 Å². The average molecular weight is 806 g/mol. The second kappa shape index (κ2) is 15.9. The van der Waals surface area contributed by atoms with Gasteiger partial charge in [0.05, 0.1) is 48.7 Å². The van der Waals surface area contributed by atoms with Crippen LogP contribution in [0.3, 0.4) is 0 Å². The van der Waals surface area contributed by atoms with Gasteiger partial charge in [-0.25, -0.2) is 19.6 Å². The summed E-state index contributed by atoms with van der Waals surface area (Å²) < 4.78 is 22.5. The fourth-order valence-corrected chi connectivity index (χ4v) is 8.95. The Morgan fingerprint density at radius 3 is 2.53 bits per heavy atom. The first-order valence-corrected chi connectivity index (χ1v) is 20.7. The lowest BCUT2D eigenvalue weighted by Gasteiger charge is -2.30. The third-order valence-electron chi connectivity index (χ3n) is 12.1. The summed E-state index contributed by atoms with van der Waals surface area (Å²) in [6, 6.07) is 13.5. The molecule has 5 heterocycles. The topological polar surface area (TPSA) is 164 Å². The molecule has 3 N–H and O–H groups in total. The zero-order chi connectivity index (χ0) is 41.7. The van der Waals surface area contributed by atoms with Crippen molar-refractivity contribution in [2.75, 3.05) is 33.9 Å². The Labute approximate surface area is 344 Å². The molecule has 14 heteroatoms. The van der Waals surface area contributed by atoms with Crippen molar-refractivity contribution >= 4 is 39.9 Å². The second-order valence-electron chi connectivity index (χ2n) is 17.5. The zero-order valence-corrected chi connectivity index (χ0v) is 35.2. The van der Waals surface area contributed by atoms with Crippen molar-refractivity contribution in [3.05, 3.63) is 65.9 Å².